The van der Waals surface area contributed by atoms with Crippen molar-refractivity contribution in [2.24, 2.45) is 10.7 Å². The third-order valence-corrected chi connectivity index (χ3v) is 5.27. The fraction of sp³-hybridized carbons (Fsp3) is 0.160. The van der Waals surface area contributed by atoms with E-state index in [-0.39, 0.29) is 5.91 Å². The van der Waals surface area contributed by atoms with E-state index in [9.17, 15) is 9.59 Å². The molecule has 0 bridgehead atoms. The zero-order valence-electron chi connectivity index (χ0n) is 17.2. The zero-order chi connectivity index (χ0) is 21.8. The number of esters is 1. The van der Waals surface area contributed by atoms with Gasteiger partial charge in [0.1, 0.15) is 5.92 Å². The number of nitrogens with one attached hydrogen (secondary N) is 1. The highest BCUT2D eigenvalue weighted by Gasteiger charge is 2.35. The Labute approximate surface area is 180 Å². The van der Waals surface area contributed by atoms with Crippen LogP contribution in [0.2, 0.25) is 0 Å². The fourth-order valence-electron chi connectivity index (χ4n) is 3.73. The van der Waals surface area contributed by atoms with Gasteiger partial charge in [-0.25, -0.2) is 4.79 Å². The van der Waals surface area contributed by atoms with Crippen LogP contribution in [0.4, 0.5) is 11.4 Å². The number of anilines is 1. The van der Waals surface area contributed by atoms with Gasteiger partial charge in [-0.2, -0.15) is 0 Å². The number of methoxy groups -OCH3 is 1. The average Bonchev–Trinajstić information content (AvgIpc) is 3.13. The Morgan fingerprint density at radius 3 is 2.45 bits per heavy atom. The van der Waals surface area contributed by atoms with Crippen LogP contribution < -0.4 is 11.1 Å². The molecule has 1 aliphatic heterocycles. The van der Waals surface area contributed by atoms with E-state index in [0.717, 1.165) is 28.8 Å². The lowest BCUT2D eigenvalue weighted by atomic mass is 9.90. The number of rotatable bonds is 6. The molecular weight excluding hydrogens is 390 g/mol. The summed E-state index contributed by atoms with van der Waals surface area (Å²) in [6, 6.07) is 22.6. The Hall–Kier alpha value is -3.77. The molecule has 0 aliphatic carbocycles. The van der Waals surface area contributed by atoms with Crippen molar-refractivity contribution in [3.63, 3.8) is 0 Å². The number of hydrogen-bond donors (Lipinski definition) is 2. The summed E-state index contributed by atoms with van der Waals surface area (Å²) < 4.78 is 4.79. The fourth-order valence-corrected chi connectivity index (χ4v) is 3.73. The second kappa shape index (κ2) is 8.93. The van der Waals surface area contributed by atoms with Crippen LogP contribution in [-0.4, -0.2) is 31.2 Å². The van der Waals surface area contributed by atoms with Gasteiger partial charge in [-0.1, -0.05) is 48.5 Å². The number of aliphatic imine (C=N–C) groups is 1. The van der Waals surface area contributed by atoms with Gasteiger partial charge in [0.05, 0.1) is 24.1 Å². The molecule has 156 valence electrons. The van der Waals surface area contributed by atoms with Gasteiger partial charge in [-0.05, 0) is 53.9 Å². The minimum atomic E-state index is -0.590. The van der Waals surface area contributed by atoms with Crippen molar-refractivity contribution in [2.45, 2.75) is 12.3 Å². The topological polar surface area (TPSA) is 93.8 Å². The predicted octanol–water partition coefficient (Wildman–Crippen LogP) is 3.83. The zero-order valence-corrected chi connectivity index (χ0v) is 17.2. The molecule has 3 N–H and O–H groups in total. The van der Waals surface area contributed by atoms with Crippen LogP contribution in [0.3, 0.4) is 0 Å². The van der Waals surface area contributed by atoms with Crippen molar-refractivity contribution in [3.8, 4) is 0 Å². The summed E-state index contributed by atoms with van der Waals surface area (Å²) >= 11 is 0. The Morgan fingerprint density at radius 1 is 1.03 bits per heavy atom. The first-order valence-corrected chi connectivity index (χ1v) is 10.1. The molecule has 0 fully saturated rings. The summed E-state index contributed by atoms with van der Waals surface area (Å²) in [5.41, 5.74) is 10.8. The lowest BCUT2D eigenvalue weighted by Crippen LogP contribution is -2.21. The molecule has 0 saturated heterocycles. The summed E-state index contributed by atoms with van der Waals surface area (Å²) in [6.07, 6.45) is 0.802. The minimum absolute atomic E-state index is 0.181. The van der Waals surface area contributed by atoms with Crippen molar-refractivity contribution < 1.29 is 14.3 Å². The molecular formula is C25H23N3O3. The number of ether oxygens (including phenoxy) is 1. The van der Waals surface area contributed by atoms with Gasteiger partial charge >= 0.3 is 5.97 Å². The monoisotopic (exact) mass is 413 g/mol. The van der Waals surface area contributed by atoms with Gasteiger partial charge in [-0.15, -0.1) is 0 Å². The second-order valence-corrected chi connectivity index (χ2v) is 7.28. The first-order valence-electron chi connectivity index (χ1n) is 10.1. The molecule has 0 aromatic heterocycles. The molecule has 0 radical (unpaired) electrons. The molecule has 4 rings (SSSR count). The molecule has 31 heavy (non-hydrogen) atoms. The number of hydrogen-bond acceptors (Lipinski definition) is 5. The SMILES string of the molecule is COC(=O)c1ccc2c(c1)NC(=O)C2C(=Nc1ccc(CCN)cc1)c1ccccc1. The highest BCUT2D eigenvalue weighted by molar-refractivity contribution is 6.24. The summed E-state index contributed by atoms with van der Waals surface area (Å²) in [6.45, 7) is 0.588. The summed E-state index contributed by atoms with van der Waals surface area (Å²) in [5.74, 6) is -1.22. The van der Waals surface area contributed by atoms with Crippen molar-refractivity contribution in [1.29, 1.82) is 0 Å². The van der Waals surface area contributed by atoms with Gasteiger partial charge in [0, 0.05) is 5.69 Å². The number of nitrogens with two attached hydrogens (primary N) is 1. The molecule has 0 saturated carbocycles. The van der Waals surface area contributed by atoms with Crippen LogP contribution in [0.1, 0.15) is 33.0 Å². The predicted molar refractivity (Wildman–Crippen MR) is 121 cm³/mol. The van der Waals surface area contributed by atoms with E-state index < -0.39 is 11.9 Å². The highest BCUT2D eigenvalue weighted by Crippen LogP contribution is 2.37. The Morgan fingerprint density at radius 2 is 1.77 bits per heavy atom. The van der Waals surface area contributed by atoms with E-state index in [1.54, 1.807) is 18.2 Å². The van der Waals surface area contributed by atoms with Crippen LogP contribution in [0.25, 0.3) is 0 Å². The molecule has 3 aromatic carbocycles. The number of benzene rings is 3. The maximum Gasteiger partial charge on any atom is 0.337 e. The number of nitrogens with zero attached hydrogens (tertiary/aromatic N) is 1. The molecule has 1 atom stereocenters. The largest absolute Gasteiger partial charge is 0.465 e. The molecule has 0 spiro atoms. The van der Waals surface area contributed by atoms with Gasteiger partial charge in [0.15, 0.2) is 0 Å². The molecule has 6 heteroatoms. The highest BCUT2D eigenvalue weighted by atomic mass is 16.5. The summed E-state index contributed by atoms with van der Waals surface area (Å²) in [5, 5.41) is 2.89. The van der Waals surface area contributed by atoms with Crippen LogP contribution in [0, 0.1) is 0 Å². The van der Waals surface area contributed by atoms with E-state index >= 15 is 0 Å². The van der Waals surface area contributed by atoms with Crippen molar-refractivity contribution in [1.82, 2.24) is 0 Å². The van der Waals surface area contributed by atoms with E-state index in [0.29, 0.717) is 23.5 Å². The second-order valence-electron chi connectivity index (χ2n) is 7.28. The maximum absolute atomic E-state index is 13.0. The number of carbonyl (C=O) groups is 2. The number of carbonyl (C=O) groups excluding carboxylic acids is 2. The lowest BCUT2D eigenvalue weighted by molar-refractivity contribution is -0.115. The lowest BCUT2D eigenvalue weighted by Gasteiger charge is -2.14. The average molecular weight is 413 g/mol. The van der Waals surface area contributed by atoms with Crippen LogP contribution in [0.5, 0.6) is 0 Å². The van der Waals surface area contributed by atoms with Crippen molar-refractivity contribution >= 4 is 29.0 Å². The van der Waals surface area contributed by atoms with Gasteiger partial charge in [-0.3, -0.25) is 9.79 Å². The Bertz CT molecular complexity index is 1140. The summed E-state index contributed by atoms with van der Waals surface area (Å²) in [7, 11) is 1.33. The molecule has 6 nitrogen and oxygen atoms in total. The molecule has 1 amide bonds. The normalized spacial score (nSPS) is 15.4. The first-order chi connectivity index (χ1) is 15.1. The number of amides is 1. The minimum Gasteiger partial charge on any atom is -0.465 e. The van der Waals surface area contributed by atoms with Crippen molar-refractivity contribution in [3.05, 3.63) is 95.1 Å². The standard InChI is InChI=1S/C25H23N3O3/c1-31-25(30)18-9-12-20-21(15-18)28-24(29)22(20)23(17-5-3-2-4-6-17)27-19-10-7-16(8-11-19)13-14-26/h2-12,15,22H,13-14,26H2,1H3,(H,28,29). The third-order valence-electron chi connectivity index (χ3n) is 5.27. The van der Waals surface area contributed by atoms with E-state index in [1.807, 2.05) is 54.6 Å². The van der Waals surface area contributed by atoms with E-state index in [2.05, 4.69) is 5.32 Å². The van der Waals surface area contributed by atoms with Gasteiger partial charge in [0.2, 0.25) is 5.91 Å². The molecule has 1 unspecified atom stereocenters. The maximum atomic E-state index is 13.0. The van der Waals surface area contributed by atoms with Crippen molar-refractivity contribution in [2.75, 3.05) is 19.0 Å². The third kappa shape index (κ3) is 4.25. The van der Waals surface area contributed by atoms with Crippen LogP contribution in [0.15, 0.2) is 77.8 Å². The Kier molecular flexibility index (Phi) is 5.91. The van der Waals surface area contributed by atoms with E-state index in [1.165, 1.54) is 7.11 Å². The Balaban J connectivity index is 1.78. The summed E-state index contributed by atoms with van der Waals surface area (Å²) in [4.78, 5) is 29.8. The smallest absolute Gasteiger partial charge is 0.337 e. The molecule has 1 aliphatic rings. The van der Waals surface area contributed by atoms with Gasteiger partial charge in [0.25, 0.3) is 0 Å². The molecule has 1 heterocycles. The van der Waals surface area contributed by atoms with Crippen LogP contribution >= 0.6 is 0 Å². The van der Waals surface area contributed by atoms with Gasteiger partial charge < -0.3 is 15.8 Å². The number of fused-ring (bicyclic) bond motifs is 1. The van der Waals surface area contributed by atoms with E-state index in [4.69, 9.17) is 15.5 Å². The van der Waals surface area contributed by atoms with Crippen LogP contribution in [-0.2, 0) is 16.0 Å². The quantitative estimate of drug-likeness (QED) is 0.474. The first kappa shape index (κ1) is 20.5. The molecule has 3 aromatic rings.